The number of rotatable bonds is 15. The summed E-state index contributed by atoms with van der Waals surface area (Å²) in [5.41, 5.74) is 0.446. The molecule has 1 heterocycles. The molecular weight excluding hydrogens is 658 g/mol. The number of carbonyl (C=O) groups excluding carboxylic acids is 2. The highest BCUT2D eigenvalue weighted by Crippen LogP contribution is 2.49. The number of carbonyl (C=O) groups is 2. The van der Waals surface area contributed by atoms with E-state index in [0.717, 1.165) is 11.8 Å². The lowest BCUT2D eigenvalue weighted by molar-refractivity contribution is -0.0301. The Bertz CT molecular complexity index is 1200. The Morgan fingerprint density at radius 2 is 1.73 bits per heavy atom. The van der Waals surface area contributed by atoms with Gasteiger partial charge >= 0.3 is 19.9 Å². The van der Waals surface area contributed by atoms with Crippen LogP contribution < -0.4 is 5.32 Å². The molecule has 228 valence electrons. The van der Waals surface area contributed by atoms with Crippen LogP contribution in [0, 0.1) is 5.82 Å². The van der Waals surface area contributed by atoms with Crippen molar-refractivity contribution in [2.45, 2.75) is 51.3 Å². The van der Waals surface area contributed by atoms with Crippen molar-refractivity contribution in [3.63, 3.8) is 0 Å². The summed E-state index contributed by atoms with van der Waals surface area (Å²) in [5, 5.41) is 23.2. The summed E-state index contributed by atoms with van der Waals surface area (Å²) < 4.78 is 61.1. The summed E-state index contributed by atoms with van der Waals surface area (Å²) in [4.78, 5) is 23.2. The number of aromatic nitrogens is 2. The van der Waals surface area contributed by atoms with Gasteiger partial charge < -0.3 is 29.5 Å². The zero-order chi connectivity index (χ0) is 30.4. The Morgan fingerprint density at radius 3 is 2.27 bits per heavy atom. The van der Waals surface area contributed by atoms with E-state index < -0.39 is 51.5 Å². The highest BCUT2D eigenvalue weighted by Gasteiger charge is 2.27. The number of ether oxygens (including phenoxy) is 4. The smallest absolute Gasteiger partial charge is 0.432 e. The van der Waals surface area contributed by atoms with Gasteiger partial charge in [-0.2, -0.15) is 0 Å². The predicted octanol–water partition coefficient (Wildman–Crippen LogP) is 5.97. The Balaban J connectivity index is 1.96. The second-order valence-electron chi connectivity index (χ2n) is 8.27. The Labute approximate surface area is 247 Å². The normalized spacial score (nSPS) is 12.0. The number of anilines is 1. The van der Waals surface area contributed by atoms with Crippen molar-refractivity contribution in [3.05, 3.63) is 34.2 Å². The molecule has 0 amide bonds. The first kappa shape index (κ1) is 34.3. The van der Waals surface area contributed by atoms with Crippen molar-refractivity contribution in [1.82, 2.24) is 10.3 Å². The zero-order valence-electron chi connectivity index (χ0n) is 22.4. The van der Waals surface area contributed by atoms with E-state index >= 15 is 0 Å². The fourth-order valence-corrected chi connectivity index (χ4v) is 5.35. The molecule has 2 N–H and O–H groups in total. The number of thioether (sulfide) groups is 1. The first-order chi connectivity index (χ1) is 19.4. The molecule has 19 heteroatoms. The number of halogens is 2. The molecule has 0 atom stereocenters. The largest absolute Gasteiger partial charge is 0.510 e. The lowest BCUT2D eigenvalue weighted by atomic mass is 10.3. The summed E-state index contributed by atoms with van der Waals surface area (Å²) in [7, 11) is -3.95. The van der Waals surface area contributed by atoms with Gasteiger partial charge in [0.25, 0.3) is 0 Å². The summed E-state index contributed by atoms with van der Waals surface area (Å²) in [5.74, 6) is -0.335. The lowest BCUT2D eigenvalue weighted by Crippen LogP contribution is -2.17. The minimum Gasteiger partial charge on any atom is -0.432 e. The van der Waals surface area contributed by atoms with E-state index in [0.29, 0.717) is 5.69 Å². The van der Waals surface area contributed by atoms with Gasteiger partial charge in [-0.15, -0.1) is 11.8 Å². The van der Waals surface area contributed by atoms with Gasteiger partial charge in [0, 0.05) is 11.4 Å². The maximum atomic E-state index is 13.5. The molecule has 2 rings (SSSR count). The van der Waals surface area contributed by atoms with Gasteiger partial charge in [0.05, 0.1) is 22.8 Å². The lowest BCUT2D eigenvalue weighted by Gasteiger charge is -2.18. The standard InChI is InChI=1S/C22H29BrFN4O11PS/c1-13(2)37-21(29)33-11-35-40(32,36-12-34-22(30)38-14(3)4)8-5-9-41-20-18(27-39-28-20)19(26-31)25-15-6-7-17(24)16(23)10-15/h6-7,10,13-14,31H,5,8-9,11-12H2,1-4H3,(H,25,26). The van der Waals surface area contributed by atoms with Crippen LogP contribution in [-0.2, 0) is 32.6 Å². The summed E-state index contributed by atoms with van der Waals surface area (Å²) in [6.45, 7) is 4.97. The van der Waals surface area contributed by atoms with E-state index in [1.54, 1.807) is 27.7 Å². The first-order valence-corrected chi connectivity index (χ1v) is 15.4. The molecule has 0 aliphatic carbocycles. The van der Waals surface area contributed by atoms with E-state index in [1.807, 2.05) is 0 Å². The maximum Gasteiger partial charge on any atom is 0.510 e. The highest BCUT2D eigenvalue weighted by molar-refractivity contribution is 9.10. The van der Waals surface area contributed by atoms with E-state index in [1.165, 1.54) is 18.2 Å². The van der Waals surface area contributed by atoms with Crippen LogP contribution >= 0.6 is 35.3 Å². The average Bonchev–Trinajstić information content (AvgIpc) is 3.35. The number of amidine groups is 1. The molecule has 0 unspecified atom stereocenters. The van der Waals surface area contributed by atoms with Crippen molar-refractivity contribution in [2.75, 3.05) is 30.8 Å². The summed E-state index contributed by atoms with van der Waals surface area (Å²) in [6, 6.07) is 4.05. The molecule has 0 aliphatic heterocycles. The van der Waals surface area contributed by atoms with Gasteiger partial charge in [0.1, 0.15) is 5.82 Å². The van der Waals surface area contributed by atoms with E-state index in [2.05, 4.69) is 36.7 Å². The summed E-state index contributed by atoms with van der Waals surface area (Å²) in [6.07, 6.45) is -2.94. The number of oxime groups is 1. The Hall–Kier alpha value is -2.92. The third-order valence-corrected chi connectivity index (χ3v) is 7.80. The first-order valence-electron chi connectivity index (χ1n) is 11.9. The molecule has 0 fully saturated rings. The average molecular weight is 687 g/mol. The van der Waals surface area contributed by atoms with Crippen LogP contribution in [0.1, 0.15) is 39.8 Å². The minimum absolute atomic E-state index is 0.0581. The van der Waals surface area contributed by atoms with Crippen LogP contribution in [0.2, 0.25) is 0 Å². The van der Waals surface area contributed by atoms with Crippen LogP contribution in [0.5, 0.6) is 0 Å². The third-order valence-electron chi connectivity index (χ3n) is 4.30. The number of hydrogen-bond donors (Lipinski definition) is 2. The molecule has 41 heavy (non-hydrogen) atoms. The molecular formula is C22H29BrFN4O11PS. The van der Waals surface area contributed by atoms with Gasteiger partial charge in [-0.05, 0) is 78.6 Å². The highest BCUT2D eigenvalue weighted by atomic mass is 79.9. The van der Waals surface area contributed by atoms with Gasteiger partial charge in [-0.3, -0.25) is 13.6 Å². The molecule has 0 spiro atoms. The van der Waals surface area contributed by atoms with E-state index in [-0.39, 0.29) is 39.4 Å². The van der Waals surface area contributed by atoms with Crippen LogP contribution in [-0.4, -0.2) is 71.4 Å². The molecule has 0 bridgehead atoms. The second kappa shape index (κ2) is 17.1. The Kier molecular flexibility index (Phi) is 14.3. The predicted molar refractivity (Wildman–Crippen MR) is 145 cm³/mol. The number of hydrogen-bond acceptors (Lipinski definition) is 15. The fourth-order valence-electron chi connectivity index (χ4n) is 2.62. The molecule has 1 aromatic carbocycles. The van der Waals surface area contributed by atoms with Crippen molar-refractivity contribution in [1.29, 1.82) is 0 Å². The van der Waals surface area contributed by atoms with Gasteiger partial charge in [0.15, 0.2) is 10.7 Å². The van der Waals surface area contributed by atoms with Gasteiger partial charge in [-0.25, -0.2) is 18.6 Å². The van der Waals surface area contributed by atoms with Crippen LogP contribution in [0.3, 0.4) is 0 Å². The maximum absolute atomic E-state index is 13.5. The summed E-state index contributed by atoms with van der Waals surface area (Å²) >= 11 is 4.18. The second-order valence-corrected chi connectivity index (χ2v) is 12.4. The van der Waals surface area contributed by atoms with E-state index in [9.17, 15) is 23.8 Å². The topological polar surface area (TPSA) is 190 Å². The van der Waals surface area contributed by atoms with Crippen molar-refractivity contribution >= 4 is 59.1 Å². The van der Waals surface area contributed by atoms with Crippen LogP contribution in [0.25, 0.3) is 0 Å². The third kappa shape index (κ3) is 12.6. The monoisotopic (exact) mass is 686 g/mol. The van der Waals surface area contributed by atoms with Crippen molar-refractivity contribution < 1.29 is 56.4 Å². The minimum atomic E-state index is -3.95. The van der Waals surface area contributed by atoms with Crippen molar-refractivity contribution in [2.24, 2.45) is 5.16 Å². The van der Waals surface area contributed by atoms with Crippen molar-refractivity contribution in [3.8, 4) is 0 Å². The molecule has 0 aliphatic rings. The number of nitrogens with one attached hydrogen (secondary N) is 1. The Morgan fingerprint density at radius 1 is 1.12 bits per heavy atom. The molecule has 0 saturated carbocycles. The zero-order valence-corrected chi connectivity index (χ0v) is 25.7. The number of nitrogens with zero attached hydrogens (tertiary/aromatic N) is 3. The van der Waals surface area contributed by atoms with Crippen LogP contribution in [0.4, 0.5) is 19.7 Å². The van der Waals surface area contributed by atoms with E-state index in [4.69, 9.17) is 32.6 Å². The molecule has 0 saturated heterocycles. The molecule has 2 aromatic rings. The fraction of sp³-hybridized carbons (Fsp3) is 0.500. The molecule has 15 nitrogen and oxygen atoms in total. The SMILES string of the molecule is CC(C)OC(=O)OCOP(=O)(CCCSc1nonc1C(=NO)Nc1ccc(F)c(Br)c1)OCOC(=O)OC(C)C. The quantitative estimate of drug-likeness (QED) is 0.0256. The van der Waals surface area contributed by atoms with Gasteiger partial charge in [-0.1, -0.05) is 5.16 Å². The van der Waals surface area contributed by atoms with Gasteiger partial charge in [0.2, 0.25) is 19.4 Å². The number of benzene rings is 1. The van der Waals surface area contributed by atoms with Crippen LogP contribution in [0.15, 0.2) is 37.5 Å². The molecule has 0 radical (unpaired) electrons. The molecule has 1 aromatic heterocycles.